The summed E-state index contributed by atoms with van der Waals surface area (Å²) < 4.78 is 2.06. The van der Waals surface area contributed by atoms with E-state index in [1.807, 2.05) is 48.7 Å². The number of hydrogen-bond acceptors (Lipinski definition) is 4. The maximum absolute atomic E-state index is 13.6. The van der Waals surface area contributed by atoms with E-state index in [0.29, 0.717) is 38.3 Å². The minimum absolute atomic E-state index is 0.123. The Morgan fingerprint density at radius 1 is 0.951 bits per heavy atom. The van der Waals surface area contributed by atoms with E-state index in [1.165, 1.54) is 12.0 Å². The van der Waals surface area contributed by atoms with Crippen molar-refractivity contribution in [2.24, 2.45) is 0 Å². The van der Waals surface area contributed by atoms with Gasteiger partial charge in [0.25, 0.3) is 0 Å². The van der Waals surface area contributed by atoms with Crippen molar-refractivity contribution in [3.8, 4) is 0 Å². The number of amides is 3. The zero-order valence-electron chi connectivity index (χ0n) is 23.5. The van der Waals surface area contributed by atoms with Crippen LogP contribution in [0, 0.1) is 6.57 Å². The Morgan fingerprint density at radius 3 is 2.46 bits per heavy atom. The summed E-state index contributed by atoms with van der Waals surface area (Å²) in [6.07, 6.45) is 9.77. The maximum Gasteiger partial charge on any atom is 0.318 e. The summed E-state index contributed by atoms with van der Waals surface area (Å²) in [6.45, 7) is 10.7. The summed E-state index contributed by atoms with van der Waals surface area (Å²) in [5.74, 6) is -0.123. The highest BCUT2D eigenvalue weighted by Crippen LogP contribution is 2.20. The van der Waals surface area contributed by atoms with Crippen molar-refractivity contribution in [1.29, 1.82) is 0 Å². The molecule has 0 radical (unpaired) electrons. The molecule has 2 fully saturated rings. The molecule has 1 saturated carbocycles. The summed E-state index contributed by atoms with van der Waals surface area (Å²) in [5.41, 5.74) is 3.92. The van der Waals surface area contributed by atoms with Crippen molar-refractivity contribution in [3.05, 3.63) is 95.4 Å². The fourth-order valence-electron chi connectivity index (χ4n) is 5.80. The number of imidazole rings is 1. The molecule has 3 amide bonds. The molecule has 2 heterocycles. The number of piperazine rings is 1. The van der Waals surface area contributed by atoms with Gasteiger partial charge in [0.05, 0.1) is 12.9 Å². The number of hydrogen-bond donors (Lipinski definition) is 2. The second-order valence-corrected chi connectivity index (χ2v) is 11.0. The summed E-state index contributed by atoms with van der Waals surface area (Å²) in [7, 11) is 0. The van der Waals surface area contributed by atoms with Crippen LogP contribution in [0.15, 0.2) is 67.1 Å². The lowest BCUT2D eigenvalue weighted by Crippen LogP contribution is -2.63. The van der Waals surface area contributed by atoms with Crippen molar-refractivity contribution >= 4 is 17.6 Å². The Balaban J connectivity index is 1.20. The van der Waals surface area contributed by atoms with Gasteiger partial charge < -0.3 is 20.1 Å². The SMILES string of the molecule is [C-]#[N+]c1ccc(Cn2cncc2CCNC(=O)[C@H]2CN(Cc3ccccc3)CCN2C(=O)NC2CCCCC2)cc1. The fourth-order valence-corrected chi connectivity index (χ4v) is 5.80. The van der Waals surface area contributed by atoms with E-state index >= 15 is 0 Å². The third kappa shape index (κ3) is 7.74. The molecule has 1 aliphatic carbocycles. The van der Waals surface area contributed by atoms with Crippen LogP contribution in [0.5, 0.6) is 0 Å². The second kappa shape index (κ2) is 14.0. The Morgan fingerprint density at radius 2 is 1.71 bits per heavy atom. The zero-order valence-corrected chi connectivity index (χ0v) is 23.5. The number of carbonyl (C=O) groups excluding carboxylic acids is 2. The molecule has 1 saturated heterocycles. The van der Waals surface area contributed by atoms with Crippen LogP contribution in [0.4, 0.5) is 10.5 Å². The molecule has 1 atom stereocenters. The van der Waals surface area contributed by atoms with Crippen molar-refractivity contribution in [1.82, 2.24) is 30.0 Å². The van der Waals surface area contributed by atoms with Crippen LogP contribution in [0.25, 0.3) is 4.85 Å². The number of rotatable bonds is 9. The highest BCUT2D eigenvalue weighted by molar-refractivity contribution is 5.87. The third-order valence-electron chi connectivity index (χ3n) is 8.11. The minimum atomic E-state index is -0.554. The average Bonchev–Trinajstić information content (AvgIpc) is 3.45. The van der Waals surface area contributed by atoms with Gasteiger partial charge in [-0.3, -0.25) is 9.69 Å². The molecular weight excluding hydrogens is 514 g/mol. The summed E-state index contributed by atoms with van der Waals surface area (Å²) in [6, 6.07) is 17.3. The Hall–Kier alpha value is -4.16. The van der Waals surface area contributed by atoms with Gasteiger partial charge in [-0.25, -0.2) is 14.6 Å². The van der Waals surface area contributed by atoms with Gasteiger partial charge >= 0.3 is 6.03 Å². The first kappa shape index (κ1) is 28.4. The van der Waals surface area contributed by atoms with E-state index in [2.05, 4.69) is 42.1 Å². The Kier molecular flexibility index (Phi) is 9.65. The quantitative estimate of drug-likeness (QED) is 0.386. The molecule has 3 aromatic rings. The molecule has 41 heavy (non-hydrogen) atoms. The van der Waals surface area contributed by atoms with Crippen molar-refractivity contribution in [3.63, 3.8) is 0 Å². The number of carbonyl (C=O) groups is 2. The molecule has 214 valence electrons. The summed E-state index contributed by atoms with van der Waals surface area (Å²) in [5, 5.41) is 6.32. The largest absolute Gasteiger partial charge is 0.354 e. The van der Waals surface area contributed by atoms with E-state index in [9.17, 15) is 9.59 Å². The molecule has 9 nitrogen and oxygen atoms in total. The zero-order chi connectivity index (χ0) is 28.4. The molecule has 1 aromatic heterocycles. The fraction of sp³-hybridized carbons (Fsp3) is 0.438. The van der Waals surface area contributed by atoms with E-state index in [1.54, 1.807) is 11.2 Å². The van der Waals surface area contributed by atoms with Crippen molar-refractivity contribution in [2.45, 2.75) is 63.7 Å². The minimum Gasteiger partial charge on any atom is -0.354 e. The smallest absolute Gasteiger partial charge is 0.318 e. The van der Waals surface area contributed by atoms with Crippen LogP contribution in [0.2, 0.25) is 0 Å². The first-order valence-electron chi connectivity index (χ1n) is 14.7. The number of nitrogens with one attached hydrogen (secondary N) is 2. The second-order valence-electron chi connectivity index (χ2n) is 11.0. The monoisotopic (exact) mass is 553 g/mol. The van der Waals surface area contributed by atoms with Crippen LogP contribution in [-0.4, -0.2) is 69.6 Å². The first-order valence-corrected chi connectivity index (χ1v) is 14.7. The van der Waals surface area contributed by atoms with Crippen LogP contribution in [-0.2, 0) is 24.3 Å². The predicted octanol–water partition coefficient (Wildman–Crippen LogP) is 4.37. The van der Waals surface area contributed by atoms with Gasteiger partial charge in [0, 0.05) is 63.6 Å². The molecule has 2 aromatic carbocycles. The molecule has 5 rings (SSSR count). The van der Waals surface area contributed by atoms with Gasteiger partial charge in [0.15, 0.2) is 5.69 Å². The molecule has 0 bridgehead atoms. The number of nitrogens with zero attached hydrogens (tertiary/aromatic N) is 5. The molecule has 2 aliphatic rings. The van der Waals surface area contributed by atoms with E-state index in [0.717, 1.165) is 50.0 Å². The normalized spacial score (nSPS) is 18.0. The summed E-state index contributed by atoms with van der Waals surface area (Å²) >= 11 is 0. The number of aromatic nitrogens is 2. The molecule has 9 heteroatoms. The van der Waals surface area contributed by atoms with E-state index in [4.69, 9.17) is 6.57 Å². The molecule has 2 N–H and O–H groups in total. The first-order chi connectivity index (χ1) is 20.1. The lowest BCUT2D eigenvalue weighted by Gasteiger charge is -2.41. The summed E-state index contributed by atoms with van der Waals surface area (Å²) in [4.78, 5) is 38.7. The third-order valence-corrected chi connectivity index (χ3v) is 8.11. The molecular formula is C32H39N7O2. The van der Waals surface area contributed by atoms with Crippen LogP contribution in [0.3, 0.4) is 0 Å². The molecule has 0 unspecified atom stereocenters. The van der Waals surface area contributed by atoms with E-state index in [-0.39, 0.29) is 18.0 Å². The van der Waals surface area contributed by atoms with Gasteiger partial charge in [-0.15, -0.1) is 0 Å². The van der Waals surface area contributed by atoms with Gasteiger partial charge in [0.1, 0.15) is 6.04 Å². The number of urea groups is 1. The van der Waals surface area contributed by atoms with Gasteiger partial charge in [-0.1, -0.05) is 73.9 Å². The predicted molar refractivity (Wildman–Crippen MR) is 158 cm³/mol. The van der Waals surface area contributed by atoms with Crippen LogP contribution < -0.4 is 10.6 Å². The lowest BCUT2D eigenvalue weighted by molar-refractivity contribution is -0.127. The Labute approximate surface area is 242 Å². The lowest BCUT2D eigenvalue weighted by atomic mass is 9.95. The highest BCUT2D eigenvalue weighted by Gasteiger charge is 2.36. The van der Waals surface area contributed by atoms with Crippen LogP contribution in [0.1, 0.15) is 48.9 Å². The van der Waals surface area contributed by atoms with Gasteiger partial charge in [-0.2, -0.15) is 0 Å². The standard InChI is InChI=1S/C32H39N7O2/c1-33-27-14-12-26(13-15-27)22-38-24-34-20-29(38)16-17-35-31(40)30-23-37(21-25-8-4-2-5-9-25)18-19-39(30)32(41)36-28-10-6-3-7-11-28/h2,4-5,8-9,12-15,20,24,28,30H,3,6-7,10-11,16-19,21-23H2,(H,35,40)(H,36,41)/t30-/m1/s1. The van der Waals surface area contributed by atoms with E-state index < -0.39 is 6.04 Å². The highest BCUT2D eigenvalue weighted by atomic mass is 16.2. The Bertz CT molecular complexity index is 1330. The average molecular weight is 554 g/mol. The van der Waals surface area contributed by atoms with Crippen molar-refractivity contribution < 1.29 is 9.59 Å². The van der Waals surface area contributed by atoms with Crippen LogP contribution >= 0.6 is 0 Å². The molecule has 1 aliphatic heterocycles. The molecule has 0 spiro atoms. The van der Waals surface area contributed by atoms with Crippen molar-refractivity contribution in [2.75, 3.05) is 26.2 Å². The topological polar surface area (TPSA) is 86.9 Å². The van der Waals surface area contributed by atoms with Gasteiger partial charge in [0.2, 0.25) is 5.91 Å². The maximum atomic E-state index is 13.6. The van der Waals surface area contributed by atoms with Gasteiger partial charge in [-0.05, 0) is 24.0 Å². The number of benzene rings is 2.